The number of phenols is 1. The van der Waals surface area contributed by atoms with Crippen LogP contribution in [0.25, 0.3) is 0 Å². The zero-order valence-corrected chi connectivity index (χ0v) is 16.5. The van der Waals surface area contributed by atoms with Crippen molar-refractivity contribution in [3.05, 3.63) is 42.0 Å². The van der Waals surface area contributed by atoms with E-state index in [4.69, 9.17) is 5.11 Å². The zero-order chi connectivity index (χ0) is 19.9. The fourth-order valence-electron chi connectivity index (χ4n) is 3.34. The molecule has 0 bridgehead atoms. The number of aromatic hydroxyl groups is 1. The molecule has 0 aliphatic carbocycles. The number of rotatable bonds is 15. The van der Waals surface area contributed by atoms with E-state index >= 15 is 0 Å². The minimum Gasteiger partial charge on any atom is -0.508 e. The number of aliphatic carboxylic acids is 1. The van der Waals surface area contributed by atoms with Crippen LogP contribution in [0.5, 0.6) is 5.75 Å². The highest BCUT2D eigenvalue weighted by molar-refractivity contribution is 5.79. The molecule has 0 saturated carbocycles. The molecular formula is C23H34O4. The Kier molecular flexibility index (Phi) is 11.9. The van der Waals surface area contributed by atoms with E-state index in [9.17, 15) is 14.7 Å². The first-order valence-electron chi connectivity index (χ1n) is 10.1. The molecule has 0 aliphatic rings. The average molecular weight is 375 g/mol. The summed E-state index contributed by atoms with van der Waals surface area (Å²) in [5, 5.41) is 18.1. The molecule has 0 heterocycles. The van der Waals surface area contributed by atoms with E-state index in [1.165, 1.54) is 24.5 Å². The smallest absolute Gasteiger partial charge is 0.327 e. The number of carbonyl (C=O) groups is 2. The first-order valence-corrected chi connectivity index (χ1v) is 10.1. The zero-order valence-electron chi connectivity index (χ0n) is 16.5. The van der Waals surface area contributed by atoms with E-state index in [2.05, 4.69) is 0 Å². The number of allylic oxidation sites excluding steroid dienone is 1. The van der Waals surface area contributed by atoms with Crippen molar-refractivity contribution >= 4 is 12.3 Å². The molecule has 0 aromatic heterocycles. The molecule has 4 heteroatoms. The van der Waals surface area contributed by atoms with Gasteiger partial charge in [0.15, 0.2) is 0 Å². The Bertz CT molecular complexity index is 562. The van der Waals surface area contributed by atoms with Gasteiger partial charge in [0.1, 0.15) is 12.0 Å². The highest BCUT2D eigenvalue weighted by Crippen LogP contribution is 2.23. The van der Waals surface area contributed by atoms with Crippen molar-refractivity contribution < 1.29 is 19.8 Å². The first-order chi connectivity index (χ1) is 13.0. The van der Waals surface area contributed by atoms with Crippen molar-refractivity contribution in [3.8, 4) is 5.75 Å². The summed E-state index contributed by atoms with van der Waals surface area (Å²) in [6, 6.07) is 7.46. The van der Waals surface area contributed by atoms with E-state index in [1.807, 2.05) is 19.1 Å². The number of carbonyl (C=O) groups excluding carboxylic acids is 1. The lowest BCUT2D eigenvalue weighted by Crippen LogP contribution is -2.05. The van der Waals surface area contributed by atoms with Crippen LogP contribution in [0.4, 0.5) is 0 Å². The molecule has 1 rings (SSSR count). The van der Waals surface area contributed by atoms with Crippen LogP contribution in [0.1, 0.15) is 70.3 Å². The predicted molar refractivity (Wildman–Crippen MR) is 109 cm³/mol. The monoisotopic (exact) mass is 374 g/mol. The molecule has 0 spiro atoms. The van der Waals surface area contributed by atoms with Crippen LogP contribution in [-0.4, -0.2) is 22.5 Å². The summed E-state index contributed by atoms with van der Waals surface area (Å²) in [5.41, 5.74) is 1.25. The van der Waals surface area contributed by atoms with Crippen molar-refractivity contribution in [3.63, 3.8) is 0 Å². The molecule has 2 unspecified atom stereocenters. The molecule has 0 radical (unpaired) electrons. The Morgan fingerprint density at radius 2 is 1.63 bits per heavy atom. The number of benzene rings is 1. The maximum atomic E-state index is 10.7. The van der Waals surface area contributed by atoms with Gasteiger partial charge in [-0.2, -0.15) is 0 Å². The fourth-order valence-corrected chi connectivity index (χ4v) is 3.34. The number of hydrogen-bond acceptors (Lipinski definition) is 3. The number of carboxylic acids is 1. The number of carboxylic acid groups (broad SMARTS) is 1. The van der Waals surface area contributed by atoms with Crippen LogP contribution >= 0.6 is 0 Å². The third kappa shape index (κ3) is 12.0. The molecule has 0 saturated heterocycles. The van der Waals surface area contributed by atoms with Gasteiger partial charge in [-0.15, -0.1) is 0 Å². The highest BCUT2D eigenvalue weighted by atomic mass is 16.4. The molecule has 2 N–H and O–H groups in total. The van der Waals surface area contributed by atoms with Gasteiger partial charge in [-0.1, -0.05) is 63.7 Å². The molecule has 0 fully saturated rings. The van der Waals surface area contributed by atoms with Gasteiger partial charge in [-0.25, -0.2) is 4.79 Å². The molecule has 0 amide bonds. The second kappa shape index (κ2) is 14.0. The Hall–Kier alpha value is -2.10. The van der Waals surface area contributed by atoms with E-state index < -0.39 is 5.97 Å². The second-order valence-corrected chi connectivity index (χ2v) is 7.51. The average Bonchev–Trinajstić information content (AvgIpc) is 2.65. The van der Waals surface area contributed by atoms with Crippen LogP contribution in [-0.2, 0) is 16.0 Å². The third-order valence-corrected chi connectivity index (χ3v) is 4.96. The Morgan fingerprint density at radius 1 is 1.00 bits per heavy atom. The highest BCUT2D eigenvalue weighted by Gasteiger charge is 2.10. The molecule has 0 aliphatic heterocycles. The molecule has 150 valence electrons. The quantitative estimate of drug-likeness (QED) is 0.240. The number of phenolic OH excluding ortho intramolecular Hbond substituents is 1. The summed E-state index contributed by atoms with van der Waals surface area (Å²) in [7, 11) is 0. The standard InChI is InChI=1S/C23H34O4/c1-19(18-24)9-5-4-7-11-20(10-6-2-3-8-12-23(26)27)17-21-13-15-22(25)16-14-21/h8,12-16,18-20,25H,2-7,9-11,17H2,1H3,(H,26,27). The van der Waals surface area contributed by atoms with Crippen molar-refractivity contribution in [1.29, 1.82) is 0 Å². The second-order valence-electron chi connectivity index (χ2n) is 7.51. The van der Waals surface area contributed by atoms with Gasteiger partial charge in [0.2, 0.25) is 0 Å². The predicted octanol–water partition coefficient (Wildman–Crippen LogP) is 5.54. The van der Waals surface area contributed by atoms with Crippen molar-refractivity contribution in [2.75, 3.05) is 0 Å². The minimum atomic E-state index is -0.885. The van der Waals surface area contributed by atoms with Crippen LogP contribution in [0.3, 0.4) is 0 Å². The lowest BCUT2D eigenvalue weighted by Gasteiger charge is -2.17. The molecule has 27 heavy (non-hydrogen) atoms. The lowest BCUT2D eigenvalue weighted by atomic mass is 9.88. The summed E-state index contributed by atoms with van der Waals surface area (Å²) >= 11 is 0. The number of hydrogen-bond donors (Lipinski definition) is 2. The number of unbranched alkanes of at least 4 members (excludes halogenated alkanes) is 4. The van der Waals surface area contributed by atoms with Gasteiger partial charge in [0, 0.05) is 12.0 Å². The Labute approximate surface area is 163 Å². The van der Waals surface area contributed by atoms with Gasteiger partial charge in [0.25, 0.3) is 0 Å². The van der Waals surface area contributed by atoms with Crippen LogP contribution in [0.15, 0.2) is 36.4 Å². The minimum absolute atomic E-state index is 0.164. The Balaban J connectivity index is 2.39. The molecule has 2 atom stereocenters. The third-order valence-electron chi connectivity index (χ3n) is 4.96. The summed E-state index contributed by atoms with van der Waals surface area (Å²) < 4.78 is 0. The van der Waals surface area contributed by atoms with Gasteiger partial charge in [-0.05, 0) is 49.3 Å². The summed E-state index contributed by atoms with van der Waals surface area (Å²) in [5.74, 6) is 0.173. The molecular weight excluding hydrogens is 340 g/mol. The maximum Gasteiger partial charge on any atom is 0.327 e. The van der Waals surface area contributed by atoms with E-state index in [1.54, 1.807) is 18.2 Å². The Morgan fingerprint density at radius 3 is 2.26 bits per heavy atom. The van der Waals surface area contributed by atoms with E-state index in [-0.39, 0.29) is 5.92 Å². The summed E-state index contributed by atoms with van der Waals surface area (Å²) in [6.45, 7) is 1.97. The summed E-state index contributed by atoms with van der Waals surface area (Å²) in [4.78, 5) is 21.2. The van der Waals surface area contributed by atoms with E-state index in [0.717, 1.165) is 57.7 Å². The van der Waals surface area contributed by atoms with Gasteiger partial charge in [0.05, 0.1) is 0 Å². The van der Waals surface area contributed by atoms with Crippen molar-refractivity contribution in [1.82, 2.24) is 0 Å². The normalized spacial score (nSPS) is 13.5. The lowest BCUT2D eigenvalue weighted by molar-refractivity contribution is -0.131. The van der Waals surface area contributed by atoms with Crippen LogP contribution < -0.4 is 0 Å². The van der Waals surface area contributed by atoms with Gasteiger partial charge < -0.3 is 15.0 Å². The van der Waals surface area contributed by atoms with Gasteiger partial charge >= 0.3 is 5.97 Å². The molecule has 1 aromatic rings. The summed E-state index contributed by atoms with van der Waals surface area (Å²) in [6.07, 6.45) is 14.6. The SMILES string of the molecule is CC(C=O)CCCCCC(CCCCC=CC(=O)O)Cc1ccc(O)cc1. The van der Waals surface area contributed by atoms with E-state index in [0.29, 0.717) is 11.7 Å². The topological polar surface area (TPSA) is 74.6 Å². The molecule has 1 aromatic carbocycles. The number of aldehydes is 1. The maximum absolute atomic E-state index is 10.7. The largest absolute Gasteiger partial charge is 0.508 e. The first kappa shape index (κ1) is 22.9. The van der Waals surface area contributed by atoms with Gasteiger partial charge in [-0.3, -0.25) is 0 Å². The van der Waals surface area contributed by atoms with Crippen molar-refractivity contribution in [2.45, 2.75) is 71.1 Å². The molecule has 4 nitrogen and oxygen atoms in total. The van der Waals surface area contributed by atoms with Crippen molar-refractivity contribution in [2.24, 2.45) is 11.8 Å². The van der Waals surface area contributed by atoms with Crippen LogP contribution in [0.2, 0.25) is 0 Å². The fraction of sp³-hybridized carbons (Fsp3) is 0.565. The van der Waals surface area contributed by atoms with Crippen LogP contribution in [0, 0.1) is 11.8 Å².